The largest absolute Gasteiger partial charge is 0.452 e. The standard InChI is InChI=1S/C22H25N3O3S/c1-3-8-16(2)23-20(26)15-28-22(27)18-14-25(13-17-9-5-4-6-10-17)24-21(18)19-11-7-12-29-19/h4-7,9-12,14,16H,3,8,13,15H2,1-2H3,(H,23,26)/t16-/m1/s1. The van der Waals surface area contributed by atoms with E-state index in [0.717, 1.165) is 23.3 Å². The lowest BCUT2D eigenvalue weighted by Crippen LogP contribution is -2.35. The number of rotatable bonds is 9. The number of hydrogen-bond donors (Lipinski definition) is 1. The molecular weight excluding hydrogens is 386 g/mol. The predicted molar refractivity (Wildman–Crippen MR) is 114 cm³/mol. The molecule has 0 saturated heterocycles. The van der Waals surface area contributed by atoms with Gasteiger partial charge in [-0.15, -0.1) is 11.3 Å². The molecule has 7 heteroatoms. The van der Waals surface area contributed by atoms with Gasteiger partial charge in [0.05, 0.1) is 11.4 Å². The summed E-state index contributed by atoms with van der Waals surface area (Å²) in [6, 6.07) is 13.8. The van der Waals surface area contributed by atoms with Crippen molar-refractivity contribution < 1.29 is 14.3 Å². The predicted octanol–water partition coefficient (Wildman–Crippen LogP) is 4.12. The third kappa shape index (κ3) is 5.77. The Labute approximate surface area is 174 Å². The van der Waals surface area contributed by atoms with Crippen molar-refractivity contribution >= 4 is 23.2 Å². The van der Waals surface area contributed by atoms with Crippen molar-refractivity contribution in [2.24, 2.45) is 0 Å². The topological polar surface area (TPSA) is 73.2 Å². The molecule has 0 aliphatic rings. The highest BCUT2D eigenvalue weighted by atomic mass is 32.1. The SMILES string of the molecule is CCC[C@@H](C)NC(=O)COC(=O)c1cn(Cc2ccccc2)nc1-c1cccs1. The Kier molecular flexibility index (Phi) is 7.19. The van der Waals surface area contributed by atoms with Crippen molar-refractivity contribution in [3.05, 3.63) is 65.2 Å². The number of esters is 1. The van der Waals surface area contributed by atoms with Gasteiger partial charge in [-0.25, -0.2) is 4.79 Å². The lowest BCUT2D eigenvalue weighted by molar-refractivity contribution is -0.124. The second kappa shape index (κ2) is 10.0. The van der Waals surface area contributed by atoms with Crippen molar-refractivity contribution in [1.29, 1.82) is 0 Å². The van der Waals surface area contributed by atoms with E-state index in [0.29, 0.717) is 17.8 Å². The van der Waals surface area contributed by atoms with E-state index >= 15 is 0 Å². The Balaban J connectivity index is 1.72. The van der Waals surface area contributed by atoms with Crippen LogP contribution in [0.15, 0.2) is 54.0 Å². The molecule has 3 aromatic rings. The van der Waals surface area contributed by atoms with E-state index in [1.807, 2.05) is 54.8 Å². The first-order valence-electron chi connectivity index (χ1n) is 9.68. The van der Waals surface area contributed by atoms with Gasteiger partial charge in [0.1, 0.15) is 11.3 Å². The number of thiophene rings is 1. The first kappa shape index (κ1) is 20.8. The van der Waals surface area contributed by atoms with Crippen molar-refractivity contribution in [3.63, 3.8) is 0 Å². The van der Waals surface area contributed by atoms with Crippen molar-refractivity contribution in [1.82, 2.24) is 15.1 Å². The average Bonchev–Trinajstić information content (AvgIpc) is 3.37. The summed E-state index contributed by atoms with van der Waals surface area (Å²) in [7, 11) is 0. The molecule has 0 aliphatic heterocycles. The van der Waals surface area contributed by atoms with Crippen molar-refractivity contribution in [3.8, 4) is 10.6 Å². The lowest BCUT2D eigenvalue weighted by atomic mass is 10.2. The molecular formula is C22H25N3O3S. The fraction of sp³-hybridized carbons (Fsp3) is 0.318. The van der Waals surface area contributed by atoms with E-state index in [-0.39, 0.29) is 18.6 Å². The van der Waals surface area contributed by atoms with Crippen LogP contribution in [0, 0.1) is 0 Å². The molecule has 6 nitrogen and oxygen atoms in total. The molecule has 0 radical (unpaired) electrons. The second-order valence-corrected chi connectivity index (χ2v) is 7.83. The quantitative estimate of drug-likeness (QED) is 0.538. The third-order valence-corrected chi connectivity index (χ3v) is 5.26. The van der Waals surface area contributed by atoms with Crippen LogP contribution in [0.25, 0.3) is 10.6 Å². The fourth-order valence-electron chi connectivity index (χ4n) is 3.05. The van der Waals surface area contributed by atoms with Gasteiger partial charge in [0.15, 0.2) is 6.61 Å². The number of amides is 1. The molecule has 0 bridgehead atoms. The summed E-state index contributed by atoms with van der Waals surface area (Å²) in [5, 5.41) is 9.36. The summed E-state index contributed by atoms with van der Waals surface area (Å²) < 4.78 is 7.00. The molecule has 152 valence electrons. The Bertz CT molecular complexity index is 936. The van der Waals surface area contributed by atoms with E-state index in [1.54, 1.807) is 10.9 Å². The minimum atomic E-state index is -0.550. The Morgan fingerprint density at radius 3 is 2.69 bits per heavy atom. The summed E-state index contributed by atoms with van der Waals surface area (Å²) in [6.45, 7) is 4.23. The third-order valence-electron chi connectivity index (χ3n) is 4.39. The van der Waals surface area contributed by atoms with Gasteiger partial charge in [0.2, 0.25) is 0 Å². The zero-order chi connectivity index (χ0) is 20.6. The van der Waals surface area contributed by atoms with Crippen LogP contribution in [0.4, 0.5) is 0 Å². The van der Waals surface area contributed by atoms with Gasteiger partial charge >= 0.3 is 5.97 Å². The lowest BCUT2D eigenvalue weighted by Gasteiger charge is -2.12. The maximum absolute atomic E-state index is 12.7. The number of benzene rings is 1. The van der Waals surface area contributed by atoms with E-state index in [1.165, 1.54) is 11.3 Å². The molecule has 29 heavy (non-hydrogen) atoms. The number of carbonyl (C=O) groups is 2. The molecule has 1 amide bonds. The smallest absolute Gasteiger partial charge is 0.342 e. The van der Waals surface area contributed by atoms with Gasteiger partial charge in [-0.2, -0.15) is 5.10 Å². The molecule has 1 atom stereocenters. The number of ether oxygens (including phenoxy) is 1. The molecule has 0 saturated carbocycles. The molecule has 0 fully saturated rings. The number of carbonyl (C=O) groups excluding carboxylic acids is 2. The van der Waals surface area contributed by atoms with Crippen LogP contribution in [0.2, 0.25) is 0 Å². The highest BCUT2D eigenvalue weighted by Gasteiger charge is 2.21. The summed E-state index contributed by atoms with van der Waals surface area (Å²) in [5.41, 5.74) is 2.01. The molecule has 1 N–H and O–H groups in total. The maximum atomic E-state index is 12.7. The Morgan fingerprint density at radius 2 is 2.00 bits per heavy atom. The molecule has 0 spiro atoms. The van der Waals surface area contributed by atoms with Gasteiger partial charge in [0, 0.05) is 12.2 Å². The van der Waals surface area contributed by atoms with E-state index < -0.39 is 5.97 Å². The van der Waals surface area contributed by atoms with Crippen molar-refractivity contribution in [2.75, 3.05) is 6.61 Å². The molecule has 1 aromatic carbocycles. The van der Waals surface area contributed by atoms with Crippen molar-refractivity contribution in [2.45, 2.75) is 39.3 Å². The normalized spacial score (nSPS) is 11.8. The molecule has 0 unspecified atom stereocenters. The van der Waals surface area contributed by atoms with E-state index in [2.05, 4.69) is 17.3 Å². The minimum Gasteiger partial charge on any atom is -0.452 e. The zero-order valence-electron chi connectivity index (χ0n) is 16.6. The van der Waals surface area contributed by atoms with Crippen LogP contribution in [-0.2, 0) is 16.1 Å². The minimum absolute atomic E-state index is 0.0569. The van der Waals surface area contributed by atoms with E-state index in [9.17, 15) is 9.59 Å². The molecule has 2 aromatic heterocycles. The summed E-state index contributed by atoms with van der Waals surface area (Å²) in [6.07, 6.45) is 3.54. The summed E-state index contributed by atoms with van der Waals surface area (Å²) in [5.74, 6) is -0.848. The fourth-order valence-corrected chi connectivity index (χ4v) is 3.77. The van der Waals surface area contributed by atoms with E-state index in [4.69, 9.17) is 4.74 Å². The zero-order valence-corrected chi connectivity index (χ0v) is 17.4. The van der Waals surface area contributed by atoms with Crippen LogP contribution in [0.3, 0.4) is 0 Å². The Morgan fingerprint density at radius 1 is 1.21 bits per heavy atom. The van der Waals surface area contributed by atoms with Crippen LogP contribution >= 0.6 is 11.3 Å². The molecule has 3 rings (SSSR count). The highest BCUT2D eigenvalue weighted by Crippen LogP contribution is 2.27. The summed E-state index contributed by atoms with van der Waals surface area (Å²) >= 11 is 1.50. The Hall–Kier alpha value is -2.93. The van der Waals surface area contributed by atoms with Crippen LogP contribution in [0.5, 0.6) is 0 Å². The number of aromatic nitrogens is 2. The number of nitrogens with one attached hydrogen (secondary N) is 1. The van der Waals surface area contributed by atoms with Gasteiger partial charge in [0.25, 0.3) is 5.91 Å². The van der Waals surface area contributed by atoms with Crippen LogP contribution in [0.1, 0.15) is 42.6 Å². The average molecular weight is 412 g/mol. The molecule has 2 heterocycles. The number of hydrogen-bond acceptors (Lipinski definition) is 5. The van der Waals surface area contributed by atoms with Gasteiger partial charge in [-0.1, -0.05) is 49.7 Å². The molecule has 0 aliphatic carbocycles. The highest BCUT2D eigenvalue weighted by molar-refractivity contribution is 7.13. The summed E-state index contributed by atoms with van der Waals surface area (Å²) in [4.78, 5) is 25.6. The van der Waals surface area contributed by atoms with Crippen LogP contribution in [-0.4, -0.2) is 34.3 Å². The second-order valence-electron chi connectivity index (χ2n) is 6.89. The first-order valence-corrected chi connectivity index (χ1v) is 10.6. The van der Waals surface area contributed by atoms with Gasteiger partial charge in [-0.05, 0) is 30.4 Å². The maximum Gasteiger partial charge on any atom is 0.342 e. The number of nitrogens with zero attached hydrogens (tertiary/aromatic N) is 2. The van der Waals surface area contributed by atoms with Crippen LogP contribution < -0.4 is 5.32 Å². The monoisotopic (exact) mass is 411 g/mol. The van der Waals surface area contributed by atoms with Gasteiger partial charge in [-0.3, -0.25) is 9.48 Å². The first-order chi connectivity index (χ1) is 14.1. The van der Waals surface area contributed by atoms with Gasteiger partial charge < -0.3 is 10.1 Å².